The number of aromatic nitrogens is 2. The quantitative estimate of drug-likeness (QED) is 0.365. The molecular formula is C15H17FIN7O2S. The summed E-state index contributed by atoms with van der Waals surface area (Å²) < 4.78 is 17.2. The van der Waals surface area contributed by atoms with Crippen LogP contribution in [-0.2, 0) is 0 Å². The lowest BCUT2D eigenvalue weighted by molar-refractivity contribution is 0.100. The van der Waals surface area contributed by atoms with Crippen LogP contribution in [0.2, 0.25) is 0 Å². The van der Waals surface area contributed by atoms with Gasteiger partial charge in [0.25, 0.3) is 5.91 Å². The first-order valence-electron chi connectivity index (χ1n) is 8.07. The van der Waals surface area contributed by atoms with Crippen molar-refractivity contribution in [2.75, 3.05) is 26.8 Å². The number of piperidine rings is 1. The number of carbonyl (C=O) groups is 2. The van der Waals surface area contributed by atoms with Gasteiger partial charge in [-0.05, 0) is 18.9 Å². The molecular weight excluding hydrogens is 488 g/mol. The Bertz CT molecular complexity index is 836. The molecule has 1 atom stereocenters. The maximum Gasteiger partial charge on any atom is 0.321 e. The van der Waals surface area contributed by atoms with Gasteiger partial charge in [-0.15, -0.1) is 11.3 Å². The van der Waals surface area contributed by atoms with Gasteiger partial charge in [-0.2, -0.15) is 0 Å². The Kier molecular flexibility index (Phi) is 6.26. The Hall–Kier alpha value is -2.22. The standard InChI is InChI=1S/C15H17FIN7O2S/c16-10-6-9(11(18)25)12(23-17)21-13(10)24-4-1-2-8(7-24)20-14(26)22-15-19-3-5-27-15/h3,5-6,8H,1-2,4,7H2,(H2,18,25)(H,21,23)(H2,19,20,22,26)/t8-/m1/s1. The lowest BCUT2D eigenvalue weighted by atomic mass is 10.1. The molecule has 2 aromatic rings. The van der Waals surface area contributed by atoms with Crippen LogP contribution in [0.15, 0.2) is 17.6 Å². The van der Waals surface area contributed by atoms with Gasteiger partial charge >= 0.3 is 6.03 Å². The Balaban J connectivity index is 1.70. The van der Waals surface area contributed by atoms with Gasteiger partial charge < -0.3 is 19.5 Å². The van der Waals surface area contributed by atoms with Gasteiger partial charge in [-0.25, -0.2) is 19.2 Å². The molecule has 0 radical (unpaired) electrons. The van der Waals surface area contributed by atoms with Gasteiger partial charge in [0.1, 0.15) is 5.82 Å². The van der Waals surface area contributed by atoms with E-state index in [-0.39, 0.29) is 29.3 Å². The van der Waals surface area contributed by atoms with E-state index in [0.717, 1.165) is 18.9 Å². The third-order valence-corrected chi connectivity index (χ3v) is 5.22. The van der Waals surface area contributed by atoms with Gasteiger partial charge in [0.15, 0.2) is 16.8 Å². The van der Waals surface area contributed by atoms with Crippen LogP contribution in [0.3, 0.4) is 0 Å². The number of pyridine rings is 1. The van der Waals surface area contributed by atoms with Crippen LogP contribution in [0, 0.1) is 5.82 Å². The van der Waals surface area contributed by atoms with Crippen molar-refractivity contribution in [3.05, 3.63) is 29.0 Å². The van der Waals surface area contributed by atoms with Crippen molar-refractivity contribution < 1.29 is 14.0 Å². The number of nitrogens with zero attached hydrogens (tertiary/aromatic N) is 3. The third kappa shape index (κ3) is 4.74. The van der Waals surface area contributed by atoms with E-state index in [1.54, 1.807) is 16.5 Å². The maximum absolute atomic E-state index is 14.5. The number of carbonyl (C=O) groups excluding carboxylic acids is 2. The lowest BCUT2D eigenvalue weighted by Gasteiger charge is -2.34. The van der Waals surface area contributed by atoms with Gasteiger partial charge in [0.2, 0.25) is 0 Å². The summed E-state index contributed by atoms with van der Waals surface area (Å²) in [5.41, 5.74) is 5.24. The fourth-order valence-electron chi connectivity index (χ4n) is 2.85. The highest BCUT2D eigenvalue weighted by Gasteiger charge is 2.26. The highest BCUT2D eigenvalue weighted by molar-refractivity contribution is 14.1. The van der Waals surface area contributed by atoms with E-state index in [2.05, 4.69) is 24.1 Å². The predicted octanol–water partition coefficient (Wildman–Crippen LogP) is 2.33. The number of primary amides is 1. The minimum absolute atomic E-state index is 0.0137. The van der Waals surface area contributed by atoms with Crippen LogP contribution in [0.1, 0.15) is 23.2 Å². The molecule has 12 heteroatoms. The number of thiazole rings is 1. The molecule has 5 N–H and O–H groups in total. The van der Waals surface area contributed by atoms with Crippen LogP contribution >= 0.6 is 34.2 Å². The molecule has 0 bridgehead atoms. The molecule has 3 heterocycles. The molecule has 2 aromatic heterocycles. The Morgan fingerprint density at radius 3 is 2.93 bits per heavy atom. The van der Waals surface area contributed by atoms with Crippen molar-refractivity contribution in [2.24, 2.45) is 5.73 Å². The zero-order chi connectivity index (χ0) is 19.4. The number of anilines is 3. The SMILES string of the molecule is NC(=O)c1cc(F)c(N2CCC[C@@H](NC(=O)Nc3nccs3)C2)nc1NI. The Morgan fingerprint density at radius 2 is 2.26 bits per heavy atom. The number of urea groups is 1. The zero-order valence-electron chi connectivity index (χ0n) is 14.0. The van der Waals surface area contributed by atoms with Crippen molar-refractivity contribution in [3.63, 3.8) is 0 Å². The fourth-order valence-corrected chi connectivity index (χ4v) is 3.79. The van der Waals surface area contributed by atoms with E-state index >= 15 is 0 Å². The number of hydrogen-bond donors (Lipinski definition) is 4. The number of halogens is 2. The van der Waals surface area contributed by atoms with E-state index in [4.69, 9.17) is 5.73 Å². The molecule has 0 saturated carbocycles. The monoisotopic (exact) mass is 505 g/mol. The van der Waals surface area contributed by atoms with E-state index in [1.165, 1.54) is 11.3 Å². The maximum atomic E-state index is 14.5. The average molecular weight is 505 g/mol. The molecule has 1 aliphatic rings. The Labute approximate surface area is 172 Å². The predicted molar refractivity (Wildman–Crippen MR) is 110 cm³/mol. The average Bonchev–Trinajstić information content (AvgIpc) is 3.14. The molecule has 3 amide bonds. The number of nitrogens with two attached hydrogens (primary N) is 1. The van der Waals surface area contributed by atoms with Crippen molar-refractivity contribution in [3.8, 4) is 0 Å². The summed E-state index contributed by atoms with van der Waals surface area (Å²) in [5.74, 6) is -1.07. The van der Waals surface area contributed by atoms with Crippen molar-refractivity contribution in [1.82, 2.24) is 15.3 Å². The van der Waals surface area contributed by atoms with Crippen molar-refractivity contribution in [2.45, 2.75) is 18.9 Å². The zero-order valence-corrected chi connectivity index (χ0v) is 17.0. The molecule has 9 nitrogen and oxygen atoms in total. The van der Waals surface area contributed by atoms with Crippen LogP contribution in [0.5, 0.6) is 0 Å². The largest absolute Gasteiger partial charge is 0.365 e. The first-order valence-corrected chi connectivity index (χ1v) is 10.0. The second kappa shape index (κ2) is 8.65. The third-order valence-electron chi connectivity index (χ3n) is 4.02. The van der Waals surface area contributed by atoms with Gasteiger partial charge in [0, 0.05) is 30.7 Å². The van der Waals surface area contributed by atoms with Crippen molar-refractivity contribution in [1.29, 1.82) is 0 Å². The first kappa shape index (κ1) is 19.5. The molecule has 3 rings (SSSR count). The number of rotatable bonds is 5. The highest BCUT2D eigenvalue weighted by atomic mass is 127. The first-order chi connectivity index (χ1) is 13.0. The summed E-state index contributed by atoms with van der Waals surface area (Å²) in [6.45, 7) is 0.985. The van der Waals surface area contributed by atoms with E-state index < -0.39 is 11.7 Å². The topological polar surface area (TPSA) is 125 Å². The summed E-state index contributed by atoms with van der Waals surface area (Å²) in [4.78, 5) is 33.5. The molecule has 1 saturated heterocycles. The normalized spacial score (nSPS) is 16.7. The number of hydrogen-bond acceptors (Lipinski definition) is 7. The summed E-state index contributed by atoms with van der Waals surface area (Å²) >= 11 is 3.13. The fraction of sp³-hybridized carbons (Fsp3) is 0.333. The molecule has 27 heavy (non-hydrogen) atoms. The molecule has 0 unspecified atom stereocenters. The summed E-state index contributed by atoms with van der Waals surface area (Å²) in [6.07, 6.45) is 3.12. The second-order valence-corrected chi connectivity index (χ2v) is 7.30. The summed E-state index contributed by atoms with van der Waals surface area (Å²) in [6, 6.07) is 0.549. The van der Waals surface area contributed by atoms with Gasteiger partial charge in [0.05, 0.1) is 28.4 Å². The second-order valence-electron chi connectivity index (χ2n) is 5.87. The molecule has 0 aromatic carbocycles. The van der Waals surface area contributed by atoms with Crippen LogP contribution < -0.4 is 24.8 Å². The summed E-state index contributed by atoms with van der Waals surface area (Å²) in [7, 11) is 0. The molecule has 1 aliphatic heterocycles. The van der Waals surface area contributed by atoms with E-state index in [0.29, 0.717) is 18.2 Å². The summed E-state index contributed by atoms with van der Waals surface area (Å²) in [5, 5.41) is 7.80. The van der Waals surface area contributed by atoms with E-state index in [1.807, 2.05) is 22.9 Å². The Morgan fingerprint density at radius 1 is 1.44 bits per heavy atom. The van der Waals surface area contributed by atoms with Crippen LogP contribution in [0.25, 0.3) is 0 Å². The lowest BCUT2D eigenvalue weighted by Crippen LogP contribution is -2.49. The molecule has 1 fully saturated rings. The van der Waals surface area contributed by atoms with E-state index in [9.17, 15) is 14.0 Å². The minimum Gasteiger partial charge on any atom is -0.365 e. The molecule has 0 aliphatic carbocycles. The number of amides is 3. The molecule has 0 spiro atoms. The van der Waals surface area contributed by atoms with Crippen LogP contribution in [0.4, 0.5) is 26.0 Å². The van der Waals surface area contributed by atoms with Gasteiger partial charge in [-0.1, -0.05) is 0 Å². The number of nitrogens with one attached hydrogen (secondary N) is 3. The van der Waals surface area contributed by atoms with Gasteiger partial charge in [-0.3, -0.25) is 10.1 Å². The smallest absolute Gasteiger partial charge is 0.321 e. The van der Waals surface area contributed by atoms with Crippen molar-refractivity contribution >= 4 is 62.9 Å². The molecule has 144 valence electrons. The highest BCUT2D eigenvalue weighted by Crippen LogP contribution is 2.26. The van der Waals surface area contributed by atoms with Crippen LogP contribution in [-0.4, -0.2) is 41.0 Å². The minimum atomic E-state index is -0.760.